The summed E-state index contributed by atoms with van der Waals surface area (Å²) >= 11 is 3.48. The van der Waals surface area contributed by atoms with Crippen LogP contribution in [0.15, 0.2) is 28.7 Å². The number of amides is 1. The monoisotopic (exact) mass is 337 g/mol. The minimum absolute atomic E-state index is 0.135. The molecule has 0 heterocycles. The SMILES string of the molecule is O=C(NC1CCC(O)CC1)C1CC1c1cccc(Br)c1. The third-order valence-electron chi connectivity index (χ3n) is 4.45. The number of benzene rings is 1. The summed E-state index contributed by atoms with van der Waals surface area (Å²) in [7, 11) is 0. The van der Waals surface area contributed by atoms with E-state index in [-0.39, 0.29) is 24.0 Å². The number of halogens is 1. The van der Waals surface area contributed by atoms with Crippen molar-refractivity contribution < 1.29 is 9.90 Å². The van der Waals surface area contributed by atoms with Gasteiger partial charge < -0.3 is 10.4 Å². The first kappa shape index (κ1) is 14.1. The lowest BCUT2D eigenvalue weighted by Gasteiger charge is -2.26. The molecule has 108 valence electrons. The van der Waals surface area contributed by atoms with E-state index in [0.29, 0.717) is 5.92 Å². The minimum atomic E-state index is -0.168. The number of hydrogen-bond acceptors (Lipinski definition) is 2. The summed E-state index contributed by atoms with van der Waals surface area (Å²) in [4.78, 5) is 12.2. The largest absolute Gasteiger partial charge is 0.393 e. The van der Waals surface area contributed by atoms with Gasteiger partial charge in [-0.1, -0.05) is 28.1 Å². The van der Waals surface area contributed by atoms with Crippen LogP contribution in [0.25, 0.3) is 0 Å². The van der Waals surface area contributed by atoms with Gasteiger partial charge in [-0.15, -0.1) is 0 Å². The summed E-state index contributed by atoms with van der Waals surface area (Å²) in [5.74, 6) is 0.703. The van der Waals surface area contributed by atoms with Crippen LogP contribution in [-0.4, -0.2) is 23.2 Å². The first-order valence-electron chi connectivity index (χ1n) is 7.37. The number of nitrogens with one attached hydrogen (secondary N) is 1. The molecule has 2 unspecified atom stereocenters. The molecule has 2 saturated carbocycles. The van der Waals surface area contributed by atoms with Crippen LogP contribution in [0.1, 0.15) is 43.6 Å². The Balaban J connectivity index is 1.53. The van der Waals surface area contributed by atoms with Gasteiger partial charge in [0.05, 0.1) is 6.10 Å². The highest BCUT2D eigenvalue weighted by Crippen LogP contribution is 2.48. The Hall–Kier alpha value is -0.870. The van der Waals surface area contributed by atoms with Crippen molar-refractivity contribution in [3.05, 3.63) is 34.3 Å². The summed E-state index contributed by atoms with van der Waals surface area (Å²) < 4.78 is 1.07. The Morgan fingerprint density at radius 1 is 1.25 bits per heavy atom. The van der Waals surface area contributed by atoms with Crippen LogP contribution in [-0.2, 0) is 4.79 Å². The average molecular weight is 338 g/mol. The quantitative estimate of drug-likeness (QED) is 0.890. The van der Waals surface area contributed by atoms with Crippen molar-refractivity contribution in [1.29, 1.82) is 0 Å². The number of aliphatic hydroxyl groups excluding tert-OH is 1. The molecule has 2 aliphatic carbocycles. The number of rotatable bonds is 3. The van der Waals surface area contributed by atoms with Crippen molar-refractivity contribution in [3.8, 4) is 0 Å². The van der Waals surface area contributed by atoms with Gasteiger partial charge in [0, 0.05) is 16.4 Å². The van der Waals surface area contributed by atoms with Gasteiger partial charge >= 0.3 is 0 Å². The molecule has 0 saturated heterocycles. The molecule has 2 N–H and O–H groups in total. The summed E-state index contributed by atoms with van der Waals surface area (Å²) in [5, 5.41) is 12.6. The van der Waals surface area contributed by atoms with Crippen molar-refractivity contribution in [2.24, 2.45) is 5.92 Å². The minimum Gasteiger partial charge on any atom is -0.393 e. The molecule has 0 bridgehead atoms. The van der Waals surface area contributed by atoms with Gasteiger partial charge in [0.1, 0.15) is 0 Å². The van der Waals surface area contributed by atoms with E-state index >= 15 is 0 Å². The second kappa shape index (κ2) is 5.86. The maximum atomic E-state index is 12.2. The molecule has 1 aromatic rings. The molecular weight excluding hydrogens is 318 g/mol. The van der Waals surface area contributed by atoms with E-state index < -0.39 is 0 Å². The van der Waals surface area contributed by atoms with Gasteiger partial charge in [0.15, 0.2) is 0 Å². The maximum absolute atomic E-state index is 12.2. The summed E-state index contributed by atoms with van der Waals surface area (Å²) in [5.41, 5.74) is 1.25. The Bertz CT molecular complexity index is 497. The van der Waals surface area contributed by atoms with Gasteiger partial charge in [0.2, 0.25) is 5.91 Å². The van der Waals surface area contributed by atoms with E-state index in [9.17, 15) is 9.90 Å². The van der Waals surface area contributed by atoms with Crippen LogP contribution in [0.2, 0.25) is 0 Å². The molecule has 2 atom stereocenters. The van der Waals surface area contributed by atoms with E-state index in [0.717, 1.165) is 36.6 Å². The highest BCUT2D eigenvalue weighted by molar-refractivity contribution is 9.10. The first-order chi connectivity index (χ1) is 9.63. The van der Waals surface area contributed by atoms with E-state index in [2.05, 4.69) is 33.4 Å². The van der Waals surface area contributed by atoms with Gasteiger partial charge in [-0.25, -0.2) is 0 Å². The smallest absolute Gasteiger partial charge is 0.223 e. The standard InChI is InChI=1S/C16H20BrNO2/c17-11-3-1-2-10(8-11)14-9-15(14)16(20)18-12-4-6-13(19)7-5-12/h1-3,8,12-15,19H,4-7,9H2,(H,18,20). The highest BCUT2D eigenvalue weighted by atomic mass is 79.9. The lowest BCUT2D eigenvalue weighted by molar-refractivity contribution is -0.123. The molecule has 2 fully saturated rings. The summed E-state index contributed by atoms with van der Waals surface area (Å²) in [6.45, 7) is 0. The van der Waals surface area contributed by atoms with Crippen molar-refractivity contribution in [2.45, 2.75) is 50.2 Å². The van der Waals surface area contributed by atoms with Crippen LogP contribution in [0.3, 0.4) is 0 Å². The Kier molecular flexibility index (Phi) is 4.13. The number of carbonyl (C=O) groups is 1. The zero-order valence-corrected chi connectivity index (χ0v) is 13.0. The summed E-state index contributed by atoms with van der Waals surface area (Å²) in [6.07, 6.45) is 4.22. The number of hydrogen-bond donors (Lipinski definition) is 2. The van der Waals surface area contributed by atoms with Crippen molar-refractivity contribution in [1.82, 2.24) is 5.32 Å². The molecule has 2 aliphatic rings. The van der Waals surface area contributed by atoms with Crippen LogP contribution in [0, 0.1) is 5.92 Å². The van der Waals surface area contributed by atoms with Gasteiger partial charge in [0.25, 0.3) is 0 Å². The van der Waals surface area contributed by atoms with Gasteiger partial charge in [-0.05, 0) is 55.7 Å². The fourth-order valence-corrected chi connectivity index (χ4v) is 3.54. The fourth-order valence-electron chi connectivity index (χ4n) is 3.12. The molecule has 4 heteroatoms. The number of aliphatic hydroxyl groups is 1. The molecule has 1 amide bonds. The van der Waals surface area contributed by atoms with E-state index in [1.807, 2.05) is 12.1 Å². The maximum Gasteiger partial charge on any atom is 0.223 e. The topological polar surface area (TPSA) is 49.3 Å². The van der Waals surface area contributed by atoms with Crippen LogP contribution in [0.4, 0.5) is 0 Å². The van der Waals surface area contributed by atoms with Gasteiger partial charge in [-0.2, -0.15) is 0 Å². The molecule has 3 rings (SSSR count). The lowest BCUT2D eigenvalue weighted by atomic mass is 9.93. The van der Waals surface area contributed by atoms with E-state index in [1.165, 1.54) is 5.56 Å². The highest BCUT2D eigenvalue weighted by Gasteiger charge is 2.44. The predicted octanol–water partition coefficient (Wildman–Crippen LogP) is 2.97. The molecule has 0 aliphatic heterocycles. The zero-order chi connectivity index (χ0) is 14.1. The molecule has 1 aromatic carbocycles. The Labute approximate surface area is 127 Å². The van der Waals surface area contributed by atoms with E-state index in [4.69, 9.17) is 0 Å². The molecular formula is C16H20BrNO2. The molecule has 3 nitrogen and oxygen atoms in total. The van der Waals surface area contributed by atoms with Crippen LogP contribution in [0.5, 0.6) is 0 Å². The predicted molar refractivity (Wildman–Crippen MR) is 81.4 cm³/mol. The summed E-state index contributed by atoms with van der Waals surface area (Å²) in [6, 6.07) is 8.49. The van der Waals surface area contributed by atoms with Crippen molar-refractivity contribution in [2.75, 3.05) is 0 Å². The molecule has 0 spiro atoms. The molecule has 0 radical (unpaired) electrons. The molecule has 20 heavy (non-hydrogen) atoms. The van der Waals surface area contributed by atoms with Crippen molar-refractivity contribution >= 4 is 21.8 Å². The molecule has 0 aromatic heterocycles. The Morgan fingerprint density at radius 3 is 2.70 bits per heavy atom. The van der Waals surface area contributed by atoms with E-state index in [1.54, 1.807) is 0 Å². The lowest BCUT2D eigenvalue weighted by Crippen LogP contribution is -2.39. The third kappa shape index (κ3) is 3.23. The second-order valence-corrected chi connectivity index (χ2v) is 6.93. The first-order valence-corrected chi connectivity index (χ1v) is 8.16. The third-order valence-corrected chi connectivity index (χ3v) is 4.94. The van der Waals surface area contributed by atoms with Crippen molar-refractivity contribution in [3.63, 3.8) is 0 Å². The average Bonchev–Trinajstić information content (AvgIpc) is 3.22. The fraction of sp³-hybridized carbons (Fsp3) is 0.562. The normalized spacial score (nSPS) is 32.7. The second-order valence-electron chi connectivity index (χ2n) is 6.02. The number of carbonyl (C=O) groups excluding carboxylic acids is 1. The zero-order valence-electron chi connectivity index (χ0n) is 11.4. The van der Waals surface area contributed by atoms with Crippen LogP contribution >= 0.6 is 15.9 Å². The Morgan fingerprint density at radius 2 is 2.00 bits per heavy atom. The van der Waals surface area contributed by atoms with Gasteiger partial charge in [-0.3, -0.25) is 4.79 Å². The van der Waals surface area contributed by atoms with Crippen LogP contribution < -0.4 is 5.32 Å².